The van der Waals surface area contributed by atoms with Gasteiger partial charge in [-0.15, -0.1) is 0 Å². The fourth-order valence-electron chi connectivity index (χ4n) is 1.29. The molecule has 0 aliphatic rings. The first kappa shape index (κ1) is 18.5. The molecule has 0 aromatic heterocycles. The number of carbonyl (C=O) groups is 1. The van der Waals surface area contributed by atoms with Gasteiger partial charge in [-0.05, 0) is 25.7 Å². The Bertz CT molecular complexity index is 289. The van der Waals surface area contributed by atoms with Crippen LogP contribution in [0, 0.1) is 5.41 Å². The SMILES string of the molecule is N=C(N)NCCCC(N)C(=O)OCCCCON(O)O. The molecule has 118 valence electrons. The minimum Gasteiger partial charge on any atom is -0.465 e. The fraction of sp³-hybridized carbons (Fsp3) is 0.800. The van der Waals surface area contributed by atoms with E-state index in [1.54, 1.807) is 0 Å². The third-order valence-corrected chi connectivity index (χ3v) is 2.30. The summed E-state index contributed by atoms with van der Waals surface area (Å²) >= 11 is 0. The van der Waals surface area contributed by atoms with Crippen molar-refractivity contribution in [2.45, 2.75) is 31.7 Å². The molecule has 1 unspecified atom stereocenters. The summed E-state index contributed by atoms with van der Waals surface area (Å²) in [7, 11) is 0. The first-order valence-electron chi connectivity index (χ1n) is 6.24. The Kier molecular flexibility index (Phi) is 10.5. The van der Waals surface area contributed by atoms with E-state index < -0.39 is 12.0 Å². The maximum absolute atomic E-state index is 11.5. The van der Waals surface area contributed by atoms with Gasteiger partial charge in [0, 0.05) is 6.54 Å². The summed E-state index contributed by atoms with van der Waals surface area (Å²) in [6.07, 6.45) is 2.07. The molecule has 0 saturated carbocycles. The van der Waals surface area contributed by atoms with E-state index in [2.05, 4.69) is 10.2 Å². The van der Waals surface area contributed by atoms with Gasteiger partial charge >= 0.3 is 5.97 Å². The number of nitrogens with one attached hydrogen (secondary N) is 2. The molecule has 0 rings (SSSR count). The predicted octanol–water partition coefficient (Wildman–Crippen LogP) is -1.09. The van der Waals surface area contributed by atoms with Crippen LogP contribution in [-0.4, -0.2) is 53.5 Å². The number of hydrogen-bond acceptors (Lipinski definition) is 8. The number of unbranched alkanes of at least 4 members (excludes halogenated alkanes) is 1. The van der Waals surface area contributed by atoms with E-state index in [0.717, 1.165) is 0 Å². The lowest BCUT2D eigenvalue weighted by Gasteiger charge is -2.12. The maximum atomic E-state index is 11.5. The number of rotatable bonds is 11. The molecule has 0 radical (unpaired) electrons. The van der Waals surface area contributed by atoms with Gasteiger partial charge in [-0.1, -0.05) is 0 Å². The summed E-state index contributed by atoms with van der Waals surface area (Å²) in [5, 5.41) is 25.7. The van der Waals surface area contributed by atoms with Crippen LogP contribution in [0.2, 0.25) is 0 Å². The second-order valence-corrected chi connectivity index (χ2v) is 4.05. The molecule has 0 aromatic rings. The molecule has 0 fully saturated rings. The van der Waals surface area contributed by atoms with E-state index in [9.17, 15) is 4.79 Å². The zero-order chi connectivity index (χ0) is 15.4. The van der Waals surface area contributed by atoms with Gasteiger partial charge in [0.15, 0.2) is 5.96 Å². The Morgan fingerprint density at radius 2 is 1.95 bits per heavy atom. The first-order chi connectivity index (χ1) is 9.43. The molecule has 1 atom stereocenters. The van der Waals surface area contributed by atoms with Crippen LogP contribution in [0.1, 0.15) is 25.7 Å². The van der Waals surface area contributed by atoms with Gasteiger partial charge in [-0.2, -0.15) is 0 Å². The lowest BCUT2D eigenvalue weighted by molar-refractivity contribution is -0.492. The Hall–Kier alpha value is -1.46. The topological polar surface area (TPSA) is 167 Å². The molecule has 0 saturated heterocycles. The van der Waals surface area contributed by atoms with Crippen molar-refractivity contribution in [3.63, 3.8) is 0 Å². The van der Waals surface area contributed by atoms with Gasteiger partial charge in [0.2, 0.25) is 0 Å². The lowest BCUT2D eigenvalue weighted by atomic mass is 10.2. The highest BCUT2D eigenvalue weighted by molar-refractivity contribution is 5.75. The average Bonchev–Trinajstić information content (AvgIpc) is 2.37. The number of hydrogen-bond donors (Lipinski definition) is 6. The molecule has 10 heteroatoms. The molecule has 0 amide bonds. The minimum atomic E-state index is -0.703. The summed E-state index contributed by atoms with van der Waals surface area (Å²) in [5.41, 5.74) is 10.7. The smallest absolute Gasteiger partial charge is 0.322 e. The van der Waals surface area contributed by atoms with Crippen LogP contribution in [0.25, 0.3) is 0 Å². The number of guanidine groups is 1. The zero-order valence-electron chi connectivity index (χ0n) is 11.2. The van der Waals surface area contributed by atoms with Gasteiger partial charge < -0.3 is 21.5 Å². The van der Waals surface area contributed by atoms with Gasteiger partial charge in [0.1, 0.15) is 6.04 Å². The summed E-state index contributed by atoms with van der Waals surface area (Å²) in [5.74, 6) is -0.604. The highest BCUT2D eigenvalue weighted by Crippen LogP contribution is 1.99. The van der Waals surface area contributed by atoms with Crippen LogP contribution in [0.15, 0.2) is 0 Å². The quantitative estimate of drug-likeness (QED) is 0.0911. The molecular formula is C10H23N5O5. The number of ether oxygens (including phenoxy) is 1. The maximum Gasteiger partial charge on any atom is 0.322 e. The van der Waals surface area contributed by atoms with Crippen molar-refractivity contribution in [2.24, 2.45) is 11.5 Å². The molecular weight excluding hydrogens is 270 g/mol. The van der Waals surface area contributed by atoms with E-state index >= 15 is 0 Å². The highest BCUT2D eigenvalue weighted by atomic mass is 17.1. The molecule has 10 nitrogen and oxygen atoms in total. The Labute approximate surface area is 117 Å². The number of esters is 1. The van der Waals surface area contributed by atoms with E-state index in [1.165, 1.54) is 0 Å². The Morgan fingerprint density at radius 1 is 1.30 bits per heavy atom. The van der Waals surface area contributed by atoms with Crippen LogP contribution in [0.3, 0.4) is 0 Å². The average molecular weight is 293 g/mol. The fourth-order valence-corrected chi connectivity index (χ4v) is 1.29. The predicted molar refractivity (Wildman–Crippen MR) is 68.7 cm³/mol. The van der Waals surface area contributed by atoms with Crippen LogP contribution in [0.4, 0.5) is 0 Å². The highest BCUT2D eigenvalue weighted by Gasteiger charge is 2.14. The van der Waals surface area contributed by atoms with Crippen LogP contribution >= 0.6 is 0 Å². The lowest BCUT2D eigenvalue weighted by Crippen LogP contribution is -2.35. The third-order valence-electron chi connectivity index (χ3n) is 2.30. The van der Waals surface area contributed by atoms with Crippen LogP contribution in [0.5, 0.6) is 0 Å². The van der Waals surface area contributed by atoms with Crippen molar-refractivity contribution in [1.29, 1.82) is 5.41 Å². The molecule has 0 aliphatic carbocycles. The normalized spacial score (nSPS) is 12.2. The van der Waals surface area contributed by atoms with Gasteiger partial charge in [-0.3, -0.25) is 25.5 Å². The number of carbonyl (C=O) groups excluding carboxylic acids is 1. The van der Waals surface area contributed by atoms with Crippen molar-refractivity contribution in [2.75, 3.05) is 19.8 Å². The van der Waals surface area contributed by atoms with Crippen molar-refractivity contribution >= 4 is 11.9 Å². The van der Waals surface area contributed by atoms with Crippen molar-refractivity contribution in [3.8, 4) is 0 Å². The molecule has 0 spiro atoms. The summed E-state index contributed by atoms with van der Waals surface area (Å²) in [6.45, 7) is 0.776. The molecule has 0 bridgehead atoms. The number of nitrogens with two attached hydrogens (primary N) is 2. The van der Waals surface area contributed by atoms with E-state index in [4.69, 9.17) is 32.0 Å². The molecule has 8 N–H and O–H groups in total. The molecule has 0 heterocycles. The second kappa shape index (κ2) is 11.4. The van der Waals surface area contributed by atoms with Crippen molar-refractivity contribution in [1.82, 2.24) is 10.7 Å². The molecule has 20 heavy (non-hydrogen) atoms. The largest absolute Gasteiger partial charge is 0.465 e. The van der Waals surface area contributed by atoms with Gasteiger partial charge in [-0.25, -0.2) is 0 Å². The number of nitrogens with zero attached hydrogens (tertiary/aromatic N) is 1. The van der Waals surface area contributed by atoms with Gasteiger partial charge in [0.05, 0.1) is 18.6 Å². The first-order valence-corrected chi connectivity index (χ1v) is 6.24. The van der Waals surface area contributed by atoms with E-state index in [1.807, 2.05) is 0 Å². The third kappa shape index (κ3) is 11.6. The standard InChI is InChI=1S/C10H23N5O5/c11-8(4-3-5-14-10(12)13)9(16)19-6-1-2-7-20-15(17)18/h8,17-18H,1-7,11H2,(H4,12,13,14). The van der Waals surface area contributed by atoms with Crippen molar-refractivity contribution in [3.05, 3.63) is 0 Å². The molecule has 0 aromatic carbocycles. The van der Waals surface area contributed by atoms with Gasteiger partial charge in [0.25, 0.3) is 0 Å². The summed E-state index contributed by atoms with van der Waals surface area (Å²) in [6, 6.07) is -0.703. The summed E-state index contributed by atoms with van der Waals surface area (Å²) in [4.78, 5) is 15.8. The van der Waals surface area contributed by atoms with Crippen molar-refractivity contribution < 1.29 is 24.8 Å². The Morgan fingerprint density at radius 3 is 2.55 bits per heavy atom. The second-order valence-electron chi connectivity index (χ2n) is 4.05. The van der Waals surface area contributed by atoms with E-state index in [0.29, 0.717) is 32.2 Å². The monoisotopic (exact) mass is 293 g/mol. The Balaban J connectivity index is 3.48. The summed E-state index contributed by atoms with van der Waals surface area (Å²) < 4.78 is 4.94. The molecule has 0 aliphatic heterocycles. The van der Waals surface area contributed by atoms with Crippen LogP contribution in [-0.2, 0) is 14.4 Å². The zero-order valence-corrected chi connectivity index (χ0v) is 11.2. The minimum absolute atomic E-state index is 0.104. The van der Waals surface area contributed by atoms with Crippen LogP contribution < -0.4 is 16.8 Å². The van der Waals surface area contributed by atoms with E-state index in [-0.39, 0.29) is 24.6 Å².